The summed E-state index contributed by atoms with van der Waals surface area (Å²) in [4.78, 5) is 10.5. The van der Waals surface area contributed by atoms with E-state index < -0.39 is 5.97 Å². The highest BCUT2D eigenvalue weighted by Crippen LogP contribution is 2.31. The molecule has 1 rings (SSSR count). The van der Waals surface area contributed by atoms with Crippen LogP contribution in [0.25, 0.3) is 0 Å². The molecule has 1 aliphatic rings. The van der Waals surface area contributed by atoms with Crippen molar-refractivity contribution in [2.75, 3.05) is 0 Å². The Morgan fingerprint density at radius 3 is 2.25 bits per heavy atom. The molecular formula is C7H11Cl3O2. The van der Waals surface area contributed by atoms with E-state index in [2.05, 4.69) is 0 Å². The van der Waals surface area contributed by atoms with E-state index in [1.54, 1.807) is 0 Å². The lowest BCUT2D eigenvalue weighted by atomic mass is 9.89. The van der Waals surface area contributed by atoms with Crippen molar-refractivity contribution in [3.63, 3.8) is 0 Å². The third kappa shape index (κ3) is 3.00. The number of hydrogen-bond acceptors (Lipinski definition) is 1. The van der Waals surface area contributed by atoms with E-state index in [1.165, 1.54) is 0 Å². The van der Waals surface area contributed by atoms with Gasteiger partial charge in [0.05, 0.1) is 11.3 Å². The van der Waals surface area contributed by atoms with Crippen LogP contribution >= 0.6 is 35.6 Å². The largest absolute Gasteiger partial charge is 0.481 e. The van der Waals surface area contributed by atoms with Gasteiger partial charge in [-0.05, 0) is 19.3 Å². The standard InChI is InChI=1S/C7H10Cl2O2.ClH/c8-5-2-1-4(7(10)11)3-6(5)9;/h4-6H,1-3H2,(H,10,11);1H. The van der Waals surface area contributed by atoms with Crippen LogP contribution in [-0.2, 0) is 4.79 Å². The van der Waals surface area contributed by atoms with Crippen LogP contribution in [0, 0.1) is 5.92 Å². The van der Waals surface area contributed by atoms with E-state index in [1.807, 2.05) is 0 Å². The van der Waals surface area contributed by atoms with E-state index >= 15 is 0 Å². The van der Waals surface area contributed by atoms with Crippen molar-refractivity contribution < 1.29 is 9.90 Å². The van der Waals surface area contributed by atoms with Crippen LogP contribution in [0.2, 0.25) is 0 Å². The Hall–Kier alpha value is 0.340. The van der Waals surface area contributed by atoms with E-state index in [9.17, 15) is 4.79 Å². The molecule has 0 saturated heterocycles. The molecule has 3 atom stereocenters. The Morgan fingerprint density at radius 1 is 1.25 bits per heavy atom. The highest BCUT2D eigenvalue weighted by Gasteiger charge is 2.31. The maximum absolute atomic E-state index is 10.5. The van der Waals surface area contributed by atoms with Gasteiger partial charge < -0.3 is 5.11 Å². The molecule has 0 bridgehead atoms. The Morgan fingerprint density at radius 2 is 1.83 bits per heavy atom. The third-order valence-electron chi connectivity index (χ3n) is 2.04. The molecule has 12 heavy (non-hydrogen) atoms. The van der Waals surface area contributed by atoms with Crippen molar-refractivity contribution in [1.82, 2.24) is 0 Å². The SMILES string of the molecule is Cl.O=C(O)C1CCC(Cl)C(Cl)C1. The quantitative estimate of drug-likeness (QED) is 0.707. The molecule has 0 aliphatic heterocycles. The molecule has 0 spiro atoms. The summed E-state index contributed by atoms with van der Waals surface area (Å²) in [6, 6.07) is 0. The summed E-state index contributed by atoms with van der Waals surface area (Å²) in [5, 5.41) is 8.42. The average molecular weight is 234 g/mol. The third-order valence-corrected chi connectivity index (χ3v) is 3.18. The van der Waals surface area contributed by atoms with Crippen molar-refractivity contribution in [1.29, 1.82) is 0 Å². The number of aliphatic carboxylic acids is 1. The minimum Gasteiger partial charge on any atom is -0.481 e. The highest BCUT2D eigenvalue weighted by molar-refractivity contribution is 6.30. The van der Waals surface area contributed by atoms with Gasteiger partial charge in [0.15, 0.2) is 0 Å². The van der Waals surface area contributed by atoms with E-state index in [0.29, 0.717) is 19.3 Å². The fraction of sp³-hybridized carbons (Fsp3) is 0.857. The smallest absolute Gasteiger partial charge is 0.306 e. The van der Waals surface area contributed by atoms with Crippen LogP contribution in [0.5, 0.6) is 0 Å². The van der Waals surface area contributed by atoms with Crippen LogP contribution in [0.1, 0.15) is 19.3 Å². The number of rotatable bonds is 1. The Bertz CT molecular complexity index is 163. The first kappa shape index (κ1) is 12.3. The zero-order chi connectivity index (χ0) is 8.43. The highest BCUT2D eigenvalue weighted by atomic mass is 35.5. The van der Waals surface area contributed by atoms with Gasteiger partial charge in [0.1, 0.15) is 0 Å². The summed E-state index contributed by atoms with van der Waals surface area (Å²) < 4.78 is 0. The summed E-state index contributed by atoms with van der Waals surface area (Å²) in [5.74, 6) is -1.04. The average Bonchev–Trinajstić information content (AvgIpc) is 1.94. The first-order chi connectivity index (χ1) is 5.11. The van der Waals surface area contributed by atoms with Gasteiger partial charge in [-0.15, -0.1) is 35.6 Å². The molecule has 1 fully saturated rings. The minimum absolute atomic E-state index is 0. The molecule has 0 aromatic heterocycles. The van der Waals surface area contributed by atoms with Gasteiger partial charge in [0.25, 0.3) is 0 Å². The minimum atomic E-state index is -0.751. The molecule has 1 saturated carbocycles. The van der Waals surface area contributed by atoms with Crippen molar-refractivity contribution in [3.8, 4) is 0 Å². The lowest BCUT2D eigenvalue weighted by Gasteiger charge is -2.26. The Balaban J connectivity index is 0.00000121. The summed E-state index contributed by atoms with van der Waals surface area (Å²) in [5.41, 5.74) is 0. The van der Waals surface area contributed by atoms with Gasteiger partial charge in [-0.3, -0.25) is 4.79 Å². The normalized spacial score (nSPS) is 35.3. The first-order valence-corrected chi connectivity index (χ1v) is 4.49. The second-order valence-corrected chi connectivity index (χ2v) is 4.00. The number of carboxylic acid groups (broad SMARTS) is 1. The number of alkyl halides is 2. The lowest BCUT2D eigenvalue weighted by Crippen LogP contribution is -2.29. The number of halogens is 3. The molecule has 5 heteroatoms. The van der Waals surface area contributed by atoms with E-state index in [0.717, 1.165) is 0 Å². The van der Waals surface area contributed by atoms with Crippen molar-refractivity contribution in [2.24, 2.45) is 5.92 Å². The van der Waals surface area contributed by atoms with Gasteiger partial charge in [-0.1, -0.05) is 0 Å². The maximum atomic E-state index is 10.5. The predicted molar refractivity (Wildman–Crippen MR) is 51.5 cm³/mol. The van der Waals surface area contributed by atoms with Gasteiger partial charge in [-0.25, -0.2) is 0 Å². The molecule has 1 aliphatic carbocycles. The summed E-state index contributed by atoms with van der Waals surface area (Å²) in [6.45, 7) is 0. The number of carboxylic acids is 1. The van der Waals surface area contributed by atoms with Gasteiger partial charge >= 0.3 is 5.97 Å². The fourth-order valence-corrected chi connectivity index (χ4v) is 1.87. The summed E-state index contributed by atoms with van der Waals surface area (Å²) in [7, 11) is 0. The Labute approximate surface area is 87.6 Å². The molecule has 0 radical (unpaired) electrons. The van der Waals surface area contributed by atoms with Crippen LogP contribution in [0.4, 0.5) is 0 Å². The van der Waals surface area contributed by atoms with Gasteiger partial charge in [0, 0.05) is 5.38 Å². The second-order valence-electron chi connectivity index (χ2n) is 2.88. The fourth-order valence-electron chi connectivity index (χ4n) is 1.30. The molecule has 0 amide bonds. The summed E-state index contributed by atoms with van der Waals surface area (Å²) in [6.07, 6.45) is 1.88. The molecule has 0 aromatic carbocycles. The van der Waals surface area contributed by atoms with E-state index in [-0.39, 0.29) is 29.1 Å². The predicted octanol–water partition coefficient (Wildman–Crippen LogP) is 2.51. The molecule has 2 nitrogen and oxygen atoms in total. The first-order valence-electron chi connectivity index (χ1n) is 3.62. The molecule has 72 valence electrons. The van der Waals surface area contributed by atoms with Crippen LogP contribution in [0.15, 0.2) is 0 Å². The van der Waals surface area contributed by atoms with Crippen LogP contribution in [0.3, 0.4) is 0 Å². The molecule has 0 heterocycles. The number of hydrogen-bond donors (Lipinski definition) is 1. The topological polar surface area (TPSA) is 37.3 Å². The summed E-state index contributed by atoms with van der Waals surface area (Å²) >= 11 is 11.6. The van der Waals surface area contributed by atoms with Crippen LogP contribution < -0.4 is 0 Å². The Kier molecular flexibility index (Phi) is 5.30. The molecule has 3 unspecified atom stereocenters. The second kappa shape index (κ2) is 5.15. The monoisotopic (exact) mass is 232 g/mol. The number of carbonyl (C=O) groups is 1. The van der Waals surface area contributed by atoms with Crippen molar-refractivity contribution in [2.45, 2.75) is 30.0 Å². The molecule has 1 N–H and O–H groups in total. The zero-order valence-corrected chi connectivity index (χ0v) is 8.70. The molecule has 0 aromatic rings. The maximum Gasteiger partial charge on any atom is 0.306 e. The van der Waals surface area contributed by atoms with Crippen molar-refractivity contribution >= 4 is 41.6 Å². The van der Waals surface area contributed by atoms with Crippen LogP contribution in [-0.4, -0.2) is 21.8 Å². The molecular weight excluding hydrogens is 222 g/mol. The van der Waals surface area contributed by atoms with E-state index in [4.69, 9.17) is 28.3 Å². The van der Waals surface area contributed by atoms with Gasteiger partial charge in [0.2, 0.25) is 0 Å². The lowest BCUT2D eigenvalue weighted by molar-refractivity contribution is -0.142. The van der Waals surface area contributed by atoms with Crippen molar-refractivity contribution in [3.05, 3.63) is 0 Å². The zero-order valence-electron chi connectivity index (χ0n) is 6.37. The van der Waals surface area contributed by atoms with Gasteiger partial charge in [-0.2, -0.15) is 0 Å².